The van der Waals surface area contributed by atoms with E-state index in [9.17, 15) is 4.79 Å². The largest absolute Gasteiger partial charge is 0.339 e. The molecule has 3 unspecified atom stereocenters. The van der Waals surface area contributed by atoms with Crippen molar-refractivity contribution in [3.8, 4) is 0 Å². The van der Waals surface area contributed by atoms with Crippen LogP contribution in [0.5, 0.6) is 0 Å². The third-order valence-electron chi connectivity index (χ3n) is 5.32. The molecule has 3 aliphatic rings. The minimum atomic E-state index is 0. The van der Waals surface area contributed by atoms with Crippen molar-refractivity contribution in [2.45, 2.75) is 71.4 Å². The summed E-state index contributed by atoms with van der Waals surface area (Å²) in [7, 11) is 0. The van der Waals surface area contributed by atoms with Gasteiger partial charge in [-0.3, -0.25) is 4.79 Å². The zero-order chi connectivity index (χ0) is 13.7. The van der Waals surface area contributed by atoms with E-state index in [0.29, 0.717) is 35.2 Å². The van der Waals surface area contributed by atoms with E-state index >= 15 is 0 Å². The van der Waals surface area contributed by atoms with Crippen LogP contribution in [-0.2, 0) is 4.79 Å². The van der Waals surface area contributed by atoms with Crippen molar-refractivity contribution in [2.24, 2.45) is 10.8 Å². The smallest absolute Gasteiger partial charge is 0.224 e. The number of carbonyl (C=O) groups is 1. The van der Waals surface area contributed by atoms with E-state index in [4.69, 9.17) is 0 Å². The summed E-state index contributed by atoms with van der Waals surface area (Å²) in [5.74, 6) is 0.394. The second-order valence-electron chi connectivity index (χ2n) is 8.23. The summed E-state index contributed by atoms with van der Waals surface area (Å²) < 4.78 is 0. The van der Waals surface area contributed by atoms with Gasteiger partial charge in [0.15, 0.2) is 0 Å². The Morgan fingerprint density at radius 3 is 2.70 bits per heavy atom. The number of hydrogen-bond acceptors (Lipinski definition) is 2. The molecule has 1 N–H and O–H groups in total. The standard InChI is InChI=1S/C16H28N2O.ClH/c1-15(2)8-13-9-16(3,10-15)11-18(13)14(19)7-12-5-4-6-17-12;/h12-13,17H,4-11H2,1-3H3;1H. The lowest BCUT2D eigenvalue weighted by molar-refractivity contribution is -0.132. The first-order valence-corrected chi connectivity index (χ1v) is 7.90. The lowest BCUT2D eigenvalue weighted by atomic mass is 9.65. The molecule has 1 saturated carbocycles. The van der Waals surface area contributed by atoms with Gasteiger partial charge in [0, 0.05) is 25.0 Å². The number of hydrogen-bond donors (Lipinski definition) is 1. The van der Waals surface area contributed by atoms with Crippen LogP contribution in [0.25, 0.3) is 0 Å². The van der Waals surface area contributed by atoms with E-state index in [0.717, 1.165) is 13.1 Å². The summed E-state index contributed by atoms with van der Waals surface area (Å²) in [6, 6.07) is 0.941. The van der Waals surface area contributed by atoms with Crippen LogP contribution >= 0.6 is 12.4 Å². The number of rotatable bonds is 2. The number of nitrogens with zero attached hydrogens (tertiary/aromatic N) is 1. The maximum atomic E-state index is 12.6. The van der Waals surface area contributed by atoms with E-state index < -0.39 is 0 Å². The van der Waals surface area contributed by atoms with Crippen LogP contribution < -0.4 is 5.32 Å². The number of nitrogens with one attached hydrogen (secondary N) is 1. The van der Waals surface area contributed by atoms with Crippen LogP contribution in [0.1, 0.15) is 59.3 Å². The number of amides is 1. The molecule has 3 rings (SSSR count). The fourth-order valence-corrected chi connectivity index (χ4v) is 5.01. The van der Waals surface area contributed by atoms with E-state index in [-0.39, 0.29) is 12.4 Å². The second-order valence-corrected chi connectivity index (χ2v) is 8.23. The first kappa shape index (κ1) is 16.1. The molecule has 2 heterocycles. The number of fused-ring (bicyclic) bond motifs is 2. The van der Waals surface area contributed by atoms with Crippen molar-refractivity contribution in [3.05, 3.63) is 0 Å². The fraction of sp³-hybridized carbons (Fsp3) is 0.938. The van der Waals surface area contributed by atoms with Gasteiger partial charge in [0.1, 0.15) is 0 Å². The highest BCUT2D eigenvalue weighted by molar-refractivity contribution is 5.85. The summed E-state index contributed by atoms with van der Waals surface area (Å²) in [4.78, 5) is 14.8. The van der Waals surface area contributed by atoms with Crippen LogP contribution in [0.15, 0.2) is 0 Å². The van der Waals surface area contributed by atoms with E-state index in [1.807, 2.05) is 0 Å². The van der Waals surface area contributed by atoms with E-state index in [2.05, 4.69) is 31.0 Å². The van der Waals surface area contributed by atoms with Crippen LogP contribution in [0.4, 0.5) is 0 Å². The van der Waals surface area contributed by atoms with Crippen LogP contribution in [-0.4, -0.2) is 36.0 Å². The normalized spacial score (nSPS) is 38.6. The first-order chi connectivity index (χ1) is 8.87. The Morgan fingerprint density at radius 2 is 2.05 bits per heavy atom. The molecule has 2 aliphatic heterocycles. The summed E-state index contributed by atoms with van der Waals surface area (Å²) in [5.41, 5.74) is 0.767. The first-order valence-electron chi connectivity index (χ1n) is 7.90. The quantitative estimate of drug-likeness (QED) is 0.850. The van der Waals surface area contributed by atoms with Gasteiger partial charge in [-0.1, -0.05) is 20.8 Å². The molecule has 0 aromatic rings. The minimum absolute atomic E-state index is 0. The summed E-state index contributed by atoms with van der Waals surface area (Å²) in [6.45, 7) is 9.19. The van der Waals surface area contributed by atoms with Crippen molar-refractivity contribution >= 4 is 18.3 Å². The SMILES string of the molecule is CC1(C)CC2CC(C)(CN2C(=O)CC2CCCN2)C1.Cl. The Morgan fingerprint density at radius 1 is 1.30 bits per heavy atom. The lowest BCUT2D eigenvalue weighted by Gasteiger charge is -2.39. The maximum absolute atomic E-state index is 12.6. The lowest BCUT2D eigenvalue weighted by Crippen LogP contribution is -2.40. The van der Waals surface area contributed by atoms with Crippen LogP contribution in [0, 0.1) is 10.8 Å². The van der Waals surface area contributed by atoms with Gasteiger partial charge < -0.3 is 10.2 Å². The van der Waals surface area contributed by atoms with Gasteiger partial charge in [0.2, 0.25) is 5.91 Å². The number of halogens is 1. The Bertz CT molecular complexity index is 379. The van der Waals surface area contributed by atoms with Crippen molar-refractivity contribution in [2.75, 3.05) is 13.1 Å². The van der Waals surface area contributed by atoms with Crippen molar-refractivity contribution in [1.82, 2.24) is 10.2 Å². The van der Waals surface area contributed by atoms with Crippen LogP contribution in [0.3, 0.4) is 0 Å². The predicted octanol–water partition coefficient (Wildman–Crippen LogP) is 2.98. The van der Waals surface area contributed by atoms with Crippen molar-refractivity contribution in [3.63, 3.8) is 0 Å². The zero-order valence-corrected chi connectivity index (χ0v) is 13.9. The Balaban J connectivity index is 0.00000147. The summed E-state index contributed by atoms with van der Waals surface area (Å²) >= 11 is 0. The molecule has 3 fully saturated rings. The molecule has 0 aromatic heterocycles. The number of likely N-dealkylation sites (tertiary alicyclic amines) is 1. The van der Waals surface area contributed by atoms with E-state index in [1.165, 1.54) is 32.1 Å². The Kier molecular flexibility index (Phi) is 4.42. The van der Waals surface area contributed by atoms with E-state index in [1.54, 1.807) is 0 Å². The van der Waals surface area contributed by atoms with Gasteiger partial charge in [-0.2, -0.15) is 0 Å². The Hall–Kier alpha value is -0.280. The molecule has 2 saturated heterocycles. The van der Waals surface area contributed by atoms with Crippen molar-refractivity contribution in [1.29, 1.82) is 0 Å². The fourth-order valence-electron chi connectivity index (χ4n) is 5.01. The average Bonchev–Trinajstić information content (AvgIpc) is 2.83. The zero-order valence-electron chi connectivity index (χ0n) is 13.1. The molecule has 0 spiro atoms. The molecule has 1 aliphatic carbocycles. The monoisotopic (exact) mass is 300 g/mol. The Labute approximate surface area is 129 Å². The highest BCUT2D eigenvalue weighted by Crippen LogP contribution is 2.52. The van der Waals surface area contributed by atoms with Gasteiger partial charge in [-0.15, -0.1) is 12.4 Å². The highest BCUT2D eigenvalue weighted by atomic mass is 35.5. The molecule has 4 heteroatoms. The van der Waals surface area contributed by atoms with Crippen molar-refractivity contribution < 1.29 is 4.79 Å². The molecule has 3 nitrogen and oxygen atoms in total. The molecule has 0 aromatic carbocycles. The molecular weight excluding hydrogens is 272 g/mol. The van der Waals surface area contributed by atoms with Crippen LogP contribution in [0.2, 0.25) is 0 Å². The van der Waals surface area contributed by atoms with Gasteiger partial charge in [-0.05, 0) is 49.5 Å². The maximum Gasteiger partial charge on any atom is 0.224 e. The second kappa shape index (κ2) is 5.49. The average molecular weight is 301 g/mol. The third-order valence-corrected chi connectivity index (χ3v) is 5.32. The van der Waals surface area contributed by atoms with Gasteiger partial charge in [0.25, 0.3) is 0 Å². The molecule has 116 valence electrons. The molecule has 20 heavy (non-hydrogen) atoms. The molecule has 3 atom stereocenters. The van der Waals surface area contributed by atoms with Gasteiger partial charge in [-0.25, -0.2) is 0 Å². The predicted molar refractivity (Wildman–Crippen MR) is 84.1 cm³/mol. The summed E-state index contributed by atoms with van der Waals surface area (Å²) in [6.07, 6.45) is 6.79. The molecular formula is C16H29ClN2O. The minimum Gasteiger partial charge on any atom is -0.339 e. The summed E-state index contributed by atoms with van der Waals surface area (Å²) in [5, 5.41) is 3.45. The number of carbonyl (C=O) groups excluding carboxylic acids is 1. The van der Waals surface area contributed by atoms with Gasteiger partial charge in [0.05, 0.1) is 0 Å². The molecule has 2 bridgehead atoms. The topological polar surface area (TPSA) is 32.3 Å². The molecule has 1 amide bonds. The molecule has 0 radical (unpaired) electrons. The highest BCUT2D eigenvalue weighted by Gasteiger charge is 2.50. The third kappa shape index (κ3) is 3.14. The van der Waals surface area contributed by atoms with Gasteiger partial charge >= 0.3 is 0 Å².